The lowest BCUT2D eigenvalue weighted by Gasteiger charge is -2.10. The molecular weight excluding hydrogens is 262 g/mol. The molecule has 1 aliphatic heterocycles. The van der Waals surface area contributed by atoms with Crippen molar-refractivity contribution in [2.24, 2.45) is 0 Å². The molecule has 1 atom stereocenters. The molecule has 1 unspecified atom stereocenters. The first-order valence-corrected chi connectivity index (χ1v) is 6.42. The number of hydrogen-bond acceptors (Lipinski definition) is 2. The third-order valence-corrected chi connectivity index (χ3v) is 3.43. The van der Waals surface area contributed by atoms with Crippen LogP contribution < -0.4 is 10.6 Å². The van der Waals surface area contributed by atoms with Crippen molar-refractivity contribution in [3.63, 3.8) is 0 Å². The Morgan fingerprint density at radius 3 is 3.05 bits per heavy atom. The number of carbonyl (C=O) groups is 1. The summed E-state index contributed by atoms with van der Waals surface area (Å²) in [6.45, 7) is 1.03. The van der Waals surface area contributed by atoms with Gasteiger partial charge in [-0.25, -0.2) is 0 Å². The molecule has 0 spiro atoms. The van der Waals surface area contributed by atoms with Gasteiger partial charge >= 0.3 is 0 Å². The van der Waals surface area contributed by atoms with E-state index in [4.69, 9.17) is 0 Å². The van der Waals surface area contributed by atoms with Crippen LogP contribution in [0.1, 0.15) is 19.3 Å². The summed E-state index contributed by atoms with van der Waals surface area (Å²) < 4.78 is 0. The monoisotopic (exact) mass is 279 g/mol. The third kappa shape index (κ3) is 3.28. The summed E-state index contributed by atoms with van der Waals surface area (Å²) in [5, 5.41) is 7.41. The topological polar surface area (TPSA) is 56.9 Å². The van der Waals surface area contributed by atoms with Gasteiger partial charge in [-0.15, -0.1) is 12.4 Å². The lowest BCUT2D eigenvalue weighted by molar-refractivity contribution is -0.116. The first kappa shape index (κ1) is 13.9. The van der Waals surface area contributed by atoms with E-state index >= 15 is 0 Å². The quantitative estimate of drug-likeness (QED) is 0.809. The van der Waals surface area contributed by atoms with Gasteiger partial charge in [0.1, 0.15) is 0 Å². The van der Waals surface area contributed by atoms with Gasteiger partial charge in [-0.2, -0.15) is 0 Å². The van der Waals surface area contributed by atoms with Crippen LogP contribution in [-0.4, -0.2) is 23.5 Å². The Hall–Kier alpha value is -1.52. The molecule has 2 heterocycles. The molecule has 3 rings (SSSR count). The number of rotatable bonds is 3. The summed E-state index contributed by atoms with van der Waals surface area (Å²) in [6.07, 6.45) is 4.74. The van der Waals surface area contributed by atoms with Crippen LogP contribution >= 0.6 is 12.4 Å². The number of nitrogens with one attached hydrogen (secondary N) is 3. The van der Waals surface area contributed by atoms with Gasteiger partial charge in [0.15, 0.2) is 0 Å². The zero-order chi connectivity index (χ0) is 12.4. The number of aromatic amines is 1. The van der Waals surface area contributed by atoms with Crippen molar-refractivity contribution >= 4 is 34.9 Å². The number of fused-ring (bicyclic) bond motifs is 1. The number of hydrogen-bond donors (Lipinski definition) is 3. The highest BCUT2D eigenvalue weighted by Gasteiger charge is 2.17. The molecule has 4 nitrogen and oxygen atoms in total. The van der Waals surface area contributed by atoms with Crippen LogP contribution in [0.15, 0.2) is 30.5 Å². The van der Waals surface area contributed by atoms with Gasteiger partial charge in [-0.3, -0.25) is 4.79 Å². The number of anilines is 1. The van der Waals surface area contributed by atoms with E-state index in [0.29, 0.717) is 12.5 Å². The first-order valence-electron chi connectivity index (χ1n) is 6.42. The Morgan fingerprint density at radius 1 is 1.37 bits per heavy atom. The maximum atomic E-state index is 11.9. The summed E-state index contributed by atoms with van der Waals surface area (Å²) >= 11 is 0. The molecule has 0 aliphatic carbocycles. The van der Waals surface area contributed by atoms with E-state index in [1.165, 1.54) is 6.42 Å². The van der Waals surface area contributed by atoms with E-state index in [9.17, 15) is 4.79 Å². The normalized spacial score (nSPS) is 18.2. The van der Waals surface area contributed by atoms with E-state index in [0.717, 1.165) is 29.6 Å². The molecule has 1 saturated heterocycles. The zero-order valence-corrected chi connectivity index (χ0v) is 11.4. The van der Waals surface area contributed by atoms with Crippen LogP contribution in [0.25, 0.3) is 10.9 Å². The van der Waals surface area contributed by atoms with Gasteiger partial charge < -0.3 is 15.6 Å². The molecule has 19 heavy (non-hydrogen) atoms. The molecule has 102 valence electrons. The molecule has 5 heteroatoms. The second-order valence-corrected chi connectivity index (χ2v) is 4.83. The van der Waals surface area contributed by atoms with E-state index in [-0.39, 0.29) is 18.3 Å². The van der Waals surface area contributed by atoms with Crippen molar-refractivity contribution in [1.29, 1.82) is 0 Å². The Balaban J connectivity index is 0.00000133. The highest BCUT2D eigenvalue weighted by atomic mass is 35.5. The highest BCUT2D eigenvalue weighted by molar-refractivity contribution is 5.94. The van der Waals surface area contributed by atoms with E-state index in [1.807, 2.05) is 30.5 Å². The van der Waals surface area contributed by atoms with Crippen LogP contribution in [0.3, 0.4) is 0 Å². The molecule has 1 aliphatic rings. The summed E-state index contributed by atoms with van der Waals surface area (Å²) in [6, 6.07) is 8.26. The molecule has 1 aromatic heterocycles. The summed E-state index contributed by atoms with van der Waals surface area (Å²) in [5.74, 6) is 0.0873. The summed E-state index contributed by atoms with van der Waals surface area (Å²) in [5.41, 5.74) is 1.95. The molecule has 0 radical (unpaired) electrons. The fraction of sp³-hybridized carbons (Fsp3) is 0.357. The van der Waals surface area contributed by atoms with Crippen LogP contribution in [-0.2, 0) is 4.79 Å². The van der Waals surface area contributed by atoms with Crippen molar-refractivity contribution in [3.05, 3.63) is 30.5 Å². The first-order chi connectivity index (χ1) is 8.81. The van der Waals surface area contributed by atoms with Gasteiger partial charge in [0.05, 0.1) is 0 Å². The molecular formula is C14H18ClN3O. The number of carbonyl (C=O) groups excluding carboxylic acids is 1. The second-order valence-electron chi connectivity index (χ2n) is 4.83. The Labute approximate surface area is 118 Å². The largest absolute Gasteiger partial charge is 0.361 e. The Morgan fingerprint density at radius 2 is 2.26 bits per heavy atom. The van der Waals surface area contributed by atoms with Gasteiger partial charge in [0.25, 0.3) is 0 Å². The number of amides is 1. The molecule has 3 N–H and O–H groups in total. The predicted molar refractivity (Wildman–Crippen MR) is 79.8 cm³/mol. The lowest BCUT2D eigenvalue weighted by Crippen LogP contribution is -2.27. The molecule has 1 fully saturated rings. The fourth-order valence-corrected chi connectivity index (χ4v) is 2.50. The number of benzene rings is 1. The minimum absolute atomic E-state index is 0. The van der Waals surface area contributed by atoms with Gasteiger partial charge in [-0.05, 0) is 43.7 Å². The number of aromatic nitrogens is 1. The lowest BCUT2D eigenvalue weighted by atomic mass is 10.1. The van der Waals surface area contributed by atoms with Crippen molar-refractivity contribution in [2.45, 2.75) is 25.3 Å². The van der Waals surface area contributed by atoms with Crippen molar-refractivity contribution < 1.29 is 4.79 Å². The highest BCUT2D eigenvalue weighted by Crippen LogP contribution is 2.18. The minimum Gasteiger partial charge on any atom is -0.361 e. The van der Waals surface area contributed by atoms with Crippen molar-refractivity contribution in [1.82, 2.24) is 10.3 Å². The fourth-order valence-electron chi connectivity index (χ4n) is 2.50. The molecule has 0 saturated carbocycles. The molecule has 0 bridgehead atoms. The van der Waals surface area contributed by atoms with Crippen LogP contribution in [0.2, 0.25) is 0 Å². The average molecular weight is 280 g/mol. The van der Waals surface area contributed by atoms with Crippen LogP contribution in [0.4, 0.5) is 5.69 Å². The Bertz CT molecular complexity index is 561. The second kappa shape index (κ2) is 6.08. The van der Waals surface area contributed by atoms with E-state index in [2.05, 4.69) is 15.6 Å². The van der Waals surface area contributed by atoms with Crippen LogP contribution in [0, 0.1) is 0 Å². The minimum atomic E-state index is 0. The summed E-state index contributed by atoms with van der Waals surface area (Å²) in [4.78, 5) is 15.0. The molecule has 1 amide bonds. The molecule has 1 aromatic carbocycles. The number of H-pyrrole nitrogens is 1. The third-order valence-electron chi connectivity index (χ3n) is 3.43. The predicted octanol–water partition coefficient (Wildman–Crippen LogP) is 2.67. The van der Waals surface area contributed by atoms with Crippen LogP contribution in [0.5, 0.6) is 0 Å². The van der Waals surface area contributed by atoms with Gasteiger partial charge in [0, 0.05) is 35.2 Å². The summed E-state index contributed by atoms with van der Waals surface area (Å²) in [7, 11) is 0. The zero-order valence-electron chi connectivity index (χ0n) is 10.6. The van der Waals surface area contributed by atoms with Crippen molar-refractivity contribution in [3.8, 4) is 0 Å². The standard InChI is InChI=1S/C14H17N3O.ClH/c18-14(9-11-2-1-6-15-11)17-12-3-4-13-10(8-12)5-7-16-13;/h3-5,7-8,11,15-16H,1-2,6,9H2,(H,17,18);1H. The Kier molecular flexibility index (Phi) is 4.45. The van der Waals surface area contributed by atoms with E-state index in [1.54, 1.807) is 0 Å². The SMILES string of the molecule is Cl.O=C(CC1CCCN1)Nc1ccc2[nH]ccc2c1. The van der Waals surface area contributed by atoms with Gasteiger partial charge in [-0.1, -0.05) is 0 Å². The van der Waals surface area contributed by atoms with Crippen molar-refractivity contribution in [2.75, 3.05) is 11.9 Å². The molecule has 2 aromatic rings. The smallest absolute Gasteiger partial charge is 0.225 e. The van der Waals surface area contributed by atoms with E-state index < -0.39 is 0 Å². The maximum absolute atomic E-state index is 11.9. The maximum Gasteiger partial charge on any atom is 0.225 e. The number of halogens is 1. The average Bonchev–Trinajstić information content (AvgIpc) is 2.98. The van der Waals surface area contributed by atoms with Gasteiger partial charge in [0.2, 0.25) is 5.91 Å².